The van der Waals surface area contributed by atoms with E-state index in [1.807, 2.05) is 18.2 Å². The topological polar surface area (TPSA) is 95.9 Å². The second-order valence-electron chi connectivity index (χ2n) is 7.57. The summed E-state index contributed by atoms with van der Waals surface area (Å²) in [7, 11) is 0. The molecule has 7 nitrogen and oxygen atoms in total. The molecule has 0 bridgehead atoms. The van der Waals surface area contributed by atoms with E-state index in [9.17, 15) is 4.79 Å². The van der Waals surface area contributed by atoms with Crippen molar-refractivity contribution in [1.82, 2.24) is 19.7 Å². The van der Waals surface area contributed by atoms with Crippen molar-refractivity contribution in [1.29, 1.82) is 0 Å². The summed E-state index contributed by atoms with van der Waals surface area (Å²) in [5.74, 6) is 1.16. The zero-order valence-electron chi connectivity index (χ0n) is 17.7. The molecule has 0 saturated carbocycles. The molecule has 0 amide bonds. The smallest absolute Gasteiger partial charge is 0.343 e. The van der Waals surface area contributed by atoms with E-state index in [1.165, 1.54) is 28.6 Å². The molecule has 164 valence electrons. The normalized spacial score (nSPS) is 13.3. The number of benzene rings is 1. The lowest BCUT2D eigenvalue weighted by Gasteiger charge is -2.13. The Bertz CT molecular complexity index is 1280. The number of carbonyl (C=O) groups excluding carboxylic acids is 1. The Morgan fingerprint density at radius 1 is 1.22 bits per heavy atom. The Hall–Kier alpha value is -2.91. The van der Waals surface area contributed by atoms with Crippen LogP contribution in [0.2, 0.25) is 0 Å². The lowest BCUT2D eigenvalue weighted by atomic mass is 9.97. The fraction of sp³-hybridized carbons (Fsp3) is 0.304. The van der Waals surface area contributed by atoms with Gasteiger partial charge in [-0.05, 0) is 43.7 Å². The maximum atomic E-state index is 12.3. The quantitative estimate of drug-likeness (QED) is 0.248. The van der Waals surface area contributed by atoms with Crippen LogP contribution in [0.25, 0.3) is 16.0 Å². The van der Waals surface area contributed by atoms with Crippen LogP contribution in [0.1, 0.15) is 46.1 Å². The molecular formula is C23H23N5O2S2. The lowest BCUT2D eigenvalue weighted by molar-refractivity contribution is 0.0527. The molecule has 1 aliphatic carbocycles. The zero-order chi connectivity index (χ0) is 22.1. The Kier molecular flexibility index (Phi) is 5.84. The van der Waals surface area contributed by atoms with Crippen molar-refractivity contribution in [3.05, 3.63) is 58.1 Å². The van der Waals surface area contributed by atoms with Crippen molar-refractivity contribution in [2.75, 3.05) is 12.3 Å². The predicted octanol–water partition coefficient (Wildman–Crippen LogP) is 4.81. The Morgan fingerprint density at radius 2 is 2.03 bits per heavy atom. The highest BCUT2D eigenvalue weighted by molar-refractivity contribution is 7.98. The SMILES string of the molecule is CCOC(=O)c1cnn(-c2nc(SCc3ccccc3)nc3sc4c(c23)CCCC4)c1N. The zero-order valence-corrected chi connectivity index (χ0v) is 19.3. The lowest BCUT2D eigenvalue weighted by Crippen LogP contribution is -2.11. The van der Waals surface area contributed by atoms with Gasteiger partial charge in [0.1, 0.15) is 16.2 Å². The number of aryl methyl sites for hydroxylation is 2. The summed E-state index contributed by atoms with van der Waals surface area (Å²) >= 11 is 3.31. The molecule has 5 rings (SSSR count). The number of esters is 1. The maximum Gasteiger partial charge on any atom is 0.343 e. The molecule has 0 spiro atoms. The van der Waals surface area contributed by atoms with Crippen LogP contribution in [0.15, 0.2) is 41.7 Å². The Labute approximate surface area is 194 Å². The summed E-state index contributed by atoms with van der Waals surface area (Å²) in [5.41, 5.74) is 9.10. The molecule has 0 atom stereocenters. The first-order valence-corrected chi connectivity index (χ1v) is 12.5. The minimum Gasteiger partial charge on any atom is -0.462 e. The van der Waals surface area contributed by atoms with Crippen LogP contribution in [0.3, 0.4) is 0 Å². The van der Waals surface area contributed by atoms with Gasteiger partial charge in [-0.2, -0.15) is 9.78 Å². The molecule has 0 aliphatic heterocycles. The van der Waals surface area contributed by atoms with E-state index < -0.39 is 5.97 Å². The number of carbonyl (C=O) groups is 1. The number of thiophene rings is 1. The first-order valence-electron chi connectivity index (χ1n) is 10.7. The van der Waals surface area contributed by atoms with Gasteiger partial charge >= 0.3 is 5.97 Å². The third-order valence-corrected chi connectivity index (χ3v) is 7.59. The molecule has 2 N–H and O–H groups in total. The minimum atomic E-state index is -0.479. The van der Waals surface area contributed by atoms with Crippen LogP contribution < -0.4 is 5.73 Å². The van der Waals surface area contributed by atoms with Gasteiger partial charge in [0.25, 0.3) is 0 Å². The second-order valence-corrected chi connectivity index (χ2v) is 9.60. The number of aromatic nitrogens is 4. The standard InChI is InChI=1S/C23H23N5O2S2/c1-2-30-22(29)16-12-25-28(19(16)24)20-18-15-10-6-7-11-17(15)32-21(18)27-23(26-20)31-13-14-8-4-3-5-9-14/h3-5,8-9,12H,2,6-7,10-11,13,24H2,1H3. The van der Waals surface area contributed by atoms with Gasteiger partial charge in [0.2, 0.25) is 0 Å². The molecule has 32 heavy (non-hydrogen) atoms. The van der Waals surface area contributed by atoms with Crippen molar-refractivity contribution < 1.29 is 9.53 Å². The number of nitrogens with zero attached hydrogens (tertiary/aromatic N) is 4. The number of ether oxygens (including phenoxy) is 1. The molecule has 1 aromatic carbocycles. The number of nitrogen functional groups attached to an aromatic ring is 1. The summed E-state index contributed by atoms with van der Waals surface area (Å²) in [6.07, 6.45) is 5.84. The summed E-state index contributed by atoms with van der Waals surface area (Å²) in [5, 5.41) is 6.09. The molecule has 3 aromatic heterocycles. The summed E-state index contributed by atoms with van der Waals surface area (Å²) in [4.78, 5) is 24.4. The van der Waals surface area contributed by atoms with Crippen LogP contribution in [-0.4, -0.2) is 32.3 Å². The van der Waals surface area contributed by atoms with Crippen molar-refractivity contribution in [2.45, 2.75) is 43.5 Å². The van der Waals surface area contributed by atoms with Gasteiger partial charge in [0, 0.05) is 10.6 Å². The molecule has 4 aromatic rings. The van der Waals surface area contributed by atoms with Gasteiger partial charge in [-0.25, -0.2) is 14.8 Å². The summed E-state index contributed by atoms with van der Waals surface area (Å²) < 4.78 is 6.69. The fourth-order valence-electron chi connectivity index (χ4n) is 3.95. The van der Waals surface area contributed by atoms with Gasteiger partial charge in [-0.1, -0.05) is 42.1 Å². The highest BCUT2D eigenvalue weighted by Gasteiger charge is 2.25. The van der Waals surface area contributed by atoms with Crippen LogP contribution in [0, 0.1) is 0 Å². The van der Waals surface area contributed by atoms with E-state index in [-0.39, 0.29) is 18.0 Å². The van der Waals surface area contributed by atoms with E-state index >= 15 is 0 Å². The number of thioether (sulfide) groups is 1. The third-order valence-electron chi connectivity index (χ3n) is 5.49. The van der Waals surface area contributed by atoms with E-state index in [0.717, 1.165) is 35.2 Å². The highest BCUT2D eigenvalue weighted by Crippen LogP contribution is 2.39. The largest absolute Gasteiger partial charge is 0.462 e. The summed E-state index contributed by atoms with van der Waals surface area (Å²) in [6, 6.07) is 10.2. The molecule has 9 heteroatoms. The maximum absolute atomic E-state index is 12.3. The van der Waals surface area contributed by atoms with Gasteiger partial charge in [0.15, 0.2) is 11.0 Å². The Morgan fingerprint density at radius 3 is 2.84 bits per heavy atom. The predicted molar refractivity (Wildman–Crippen MR) is 128 cm³/mol. The van der Waals surface area contributed by atoms with Crippen LogP contribution in [0.4, 0.5) is 5.82 Å². The number of hydrogen-bond acceptors (Lipinski definition) is 8. The number of anilines is 1. The van der Waals surface area contributed by atoms with E-state index in [1.54, 1.807) is 34.7 Å². The Balaban J connectivity index is 1.61. The summed E-state index contributed by atoms with van der Waals surface area (Å²) in [6.45, 7) is 2.04. The number of hydrogen-bond donors (Lipinski definition) is 1. The molecule has 0 fully saturated rings. The van der Waals surface area contributed by atoms with Crippen LogP contribution >= 0.6 is 23.1 Å². The van der Waals surface area contributed by atoms with Crippen LogP contribution in [0.5, 0.6) is 0 Å². The van der Waals surface area contributed by atoms with Crippen molar-refractivity contribution in [3.63, 3.8) is 0 Å². The van der Waals surface area contributed by atoms with Crippen molar-refractivity contribution in [3.8, 4) is 5.82 Å². The van der Waals surface area contributed by atoms with Gasteiger partial charge in [-0.15, -0.1) is 11.3 Å². The highest BCUT2D eigenvalue weighted by atomic mass is 32.2. The molecular weight excluding hydrogens is 442 g/mol. The molecule has 1 aliphatic rings. The first-order chi connectivity index (χ1) is 15.7. The van der Waals surface area contributed by atoms with E-state index in [0.29, 0.717) is 11.0 Å². The average molecular weight is 466 g/mol. The second kappa shape index (κ2) is 8.91. The molecule has 3 heterocycles. The molecule has 0 saturated heterocycles. The number of nitrogens with two attached hydrogens (primary N) is 1. The fourth-order valence-corrected chi connectivity index (χ4v) is 6.06. The number of fused-ring (bicyclic) bond motifs is 3. The van der Waals surface area contributed by atoms with Crippen molar-refractivity contribution in [2.24, 2.45) is 0 Å². The first kappa shape index (κ1) is 21.0. The molecule has 0 radical (unpaired) electrons. The van der Waals surface area contributed by atoms with Crippen molar-refractivity contribution >= 4 is 45.1 Å². The third kappa shape index (κ3) is 3.86. The van der Waals surface area contributed by atoms with Gasteiger partial charge in [-0.3, -0.25) is 0 Å². The van der Waals surface area contributed by atoms with Gasteiger partial charge < -0.3 is 10.5 Å². The minimum absolute atomic E-state index is 0.234. The van der Waals surface area contributed by atoms with Crippen LogP contribution in [-0.2, 0) is 23.3 Å². The monoisotopic (exact) mass is 465 g/mol. The van der Waals surface area contributed by atoms with E-state index in [4.69, 9.17) is 20.4 Å². The van der Waals surface area contributed by atoms with Gasteiger partial charge in [0.05, 0.1) is 18.2 Å². The number of rotatable bonds is 6. The molecule has 0 unspecified atom stereocenters. The average Bonchev–Trinajstić information content (AvgIpc) is 3.38. The van der Waals surface area contributed by atoms with E-state index in [2.05, 4.69) is 17.2 Å².